The van der Waals surface area contributed by atoms with Crippen LogP contribution in [-0.4, -0.2) is 25.2 Å². The van der Waals surface area contributed by atoms with Crippen molar-refractivity contribution in [2.45, 2.75) is 25.4 Å². The molecule has 18 heavy (non-hydrogen) atoms. The van der Waals surface area contributed by atoms with Crippen molar-refractivity contribution < 1.29 is 0 Å². The van der Waals surface area contributed by atoms with Crippen LogP contribution in [0.15, 0.2) is 24.3 Å². The maximum absolute atomic E-state index is 9.16. The molecule has 0 radical (unpaired) electrons. The van der Waals surface area contributed by atoms with E-state index in [0.29, 0.717) is 18.0 Å². The van der Waals surface area contributed by atoms with E-state index in [-0.39, 0.29) is 6.04 Å². The van der Waals surface area contributed by atoms with Gasteiger partial charge in [0.1, 0.15) is 6.07 Å². The predicted octanol–water partition coefficient (Wildman–Crippen LogP) is 1.64. The van der Waals surface area contributed by atoms with Crippen LogP contribution in [0.2, 0.25) is 0 Å². The molecule has 4 nitrogen and oxygen atoms in total. The van der Waals surface area contributed by atoms with Gasteiger partial charge in [-0.2, -0.15) is 10.5 Å². The largest absolute Gasteiger partial charge is 0.365 e. The van der Waals surface area contributed by atoms with Gasteiger partial charge in [0.2, 0.25) is 0 Å². The Morgan fingerprint density at radius 2 is 2.17 bits per heavy atom. The second-order valence-electron chi connectivity index (χ2n) is 4.60. The Labute approximate surface area is 107 Å². The van der Waals surface area contributed by atoms with Gasteiger partial charge in [0, 0.05) is 25.2 Å². The molecule has 1 heterocycles. The second kappa shape index (κ2) is 5.53. The highest BCUT2D eigenvalue weighted by Gasteiger charge is 2.26. The fourth-order valence-electron chi connectivity index (χ4n) is 2.33. The van der Waals surface area contributed by atoms with Gasteiger partial charge in [0.05, 0.1) is 23.7 Å². The number of nitrogens with zero attached hydrogens (tertiary/aromatic N) is 3. The van der Waals surface area contributed by atoms with Crippen molar-refractivity contribution >= 4 is 5.69 Å². The van der Waals surface area contributed by atoms with E-state index in [1.54, 1.807) is 0 Å². The zero-order valence-corrected chi connectivity index (χ0v) is 10.4. The molecule has 1 aromatic carbocycles. The van der Waals surface area contributed by atoms with E-state index in [1.165, 1.54) is 0 Å². The molecule has 0 aliphatic carbocycles. The van der Waals surface area contributed by atoms with Crippen molar-refractivity contribution in [1.29, 1.82) is 10.5 Å². The number of nitriles is 2. The van der Waals surface area contributed by atoms with Crippen LogP contribution in [-0.2, 0) is 0 Å². The average molecular weight is 240 g/mol. The lowest BCUT2D eigenvalue weighted by Crippen LogP contribution is -2.55. The molecule has 1 aliphatic rings. The van der Waals surface area contributed by atoms with Crippen LogP contribution in [0.25, 0.3) is 0 Å². The first-order valence-corrected chi connectivity index (χ1v) is 6.12. The summed E-state index contributed by atoms with van der Waals surface area (Å²) in [4.78, 5) is 2.22. The van der Waals surface area contributed by atoms with Gasteiger partial charge in [-0.3, -0.25) is 0 Å². The topological polar surface area (TPSA) is 62.9 Å². The second-order valence-corrected chi connectivity index (χ2v) is 4.60. The van der Waals surface area contributed by atoms with E-state index in [1.807, 2.05) is 24.3 Å². The van der Waals surface area contributed by atoms with Crippen LogP contribution < -0.4 is 10.2 Å². The van der Waals surface area contributed by atoms with Crippen LogP contribution >= 0.6 is 0 Å². The summed E-state index contributed by atoms with van der Waals surface area (Å²) in [5.41, 5.74) is 1.67. The smallest absolute Gasteiger partial charge is 0.101 e. The number of nitrogens with one attached hydrogen (secondary N) is 1. The van der Waals surface area contributed by atoms with Gasteiger partial charge in [-0.1, -0.05) is 12.1 Å². The Morgan fingerprint density at radius 3 is 2.89 bits per heavy atom. The van der Waals surface area contributed by atoms with E-state index >= 15 is 0 Å². The number of rotatable bonds is 2. The van der Waals surface area contributed by atoms with Gasteiger partial charge >= 0.3 is 0 Å². The van der Waals surface area contributed by atoms with Crippen LogP contribution in [0.5, 0.6) is 0 Å². The normalized spacial score (nSPS) is 23.2. The lowest BCUT2D eigenvalue weighted by molar-refractivity contribution is 0.409. The molecule has 2 atom stereocenters. The molecule has 1 saturated heterocycles. The van der Waals surface area contributed by atoms with Gasteiger partial charge in [-0.25, -0.2) is 0 Å². The maximum Gasteiger partial charge on any atom is 0.101 e. The molecule has 1 fully saturated rings. The molecule has 2 rings (SSSR count). The molecule has 0 bridgehead atoms. The van der Waals surface area contributed by atoms with Crippen LogP contribution in [0.1, 0.15) is 18.9 Å². The molecule has 1 N–H and O–H groups in total. The Bertz CT molecular complexity index is 497. The highest BCUT2D eigenvalue weighted by atomic mass is 15.2. The fraction of sp³-hybridized carbons (Fsp3) is 0.429. The minimum Gasteiger partial charge on any atom is -0.365 e. The predicted molar refractivity (Wildman–Crippen MR) is 70.0 cm³/mol. The SMILES string of the molecule is CC1CNC(CC#N)CN1c1ccccc1C#N. The van der Waals surface area contributed by atoms with Crippen molar-refractivity contribution in [3.63, 3.8) is 0 Å². The van der Waals surface area contributed by atoms with Gasteiger partial charge in [-0.05, 0) is 19.1 Å². The monoisotopic (exact) mass is 240 g/mol. The molecular formula is C14H16N4. The lowest BCUT2D eigenvalue weighted by atomic mass is 10.0. The first-order chi connectivity index (χ1) is 8.76. The summed E-state index contributed by atoms with van der Waals surface area (Å²) in [7, 11) is 0. The lowest BCUT2D eigenvalue weighted by Gasteiger charge is -2.40. The van der Waals surface area contributed by atoms with Gasteiger partial charge in [-0.15, -0.1) is 0 Å². The highest BCUT2D eigenvalue weighted by Crippen LogP contribution is 2.24. The number of piperazine rings is 1. The molecule has 0 saturated carbocycles. The van der Waals surface area contributed by atoms with Crippen molar-refractivity contribution in [1.82, 2.24) is 5.32 Å². The standard InChI is InChI=1S/C14H16N4/c1-11-9-17-13(6-7-15)10-18(11)14-5-3-2-4-12(14)8-16/h2-5,11,13,17H,6,9-10H2,1H3. The Hall–Kier alpha value is -2.04. The fourth-order valence-corrected chi connectivity index (χ4v) is 2.33. The molecule has 4 heteroatoms. The Balaban J connectivity index is 2.25. The van der Waals surface area contributed by atoms with Gasteiger partial charge < -0.3 is 10.2 Å². The number of para-hydroxylation sites is 1. The summed E-state index contributed by atoms with van der Waals surface area (Å²) >= 11 is 0. The van der Waals surface area contributed by atoms with Crippen molar-refractivity contribution in [3.05, 3.63) is 29.8 Å². The zero-order chi connectivity index (χ0) is 13.0. The first-order valence-electron chi connectivity index (χ1n) is 6.12. The summed E-state index contributed by atoms with van der Waals surface area (Å²) in [6.45, 7) is 3.74. The van der Waals surface area contributed by atoms with Gasteiger partial charge in [0.15, 0.2) is 0 Å². The summed E-state index contributed by atoms with van der Waals surface area (Å²) < 4.78 is 0. The molecule has 0 amide bonds. The summed E-state index contributed by atoms with van der Waals surface area (Å²) in [5, 5.41) is 21.3. The minimum atomic E-state index is 0.179. The third-order valence-electron chi connectivity index (χ3n) is 3.32. The quantitative estimate of drug-likeness (QED) is 0.853. The summed E-state index contributed by atoms with van der Waals surface area (Å²) in [5.74, 6) is 0. The molecule has 2 unspecified atom stereocenters. The zero-order valence-electron chi connectivity index (χ0n) is 10.4. The van der Waals surface area contributed by atoms with Crippen LogP contribution in [0.4, 0.5) is 5.69 Å². The molecular weight excluding hydrogens is 224 g/mol. The maximum atomic E-state index is 9.16. The molecule has 92 valence electrons. The highest BCUT2D eigenvalue weighted by molar-refractivity contribution is 5.60. The van der Waals surface area contributed by atoms with E-state index in [2.05, 4.69) is 29.3 Å². The summed E-state index contributed by atoms with van der Waals surface area (Å²) in [6.07, 6.45) is 0.498. The van der Waals surface area contributed by atoms with Crippen LogP contribution in [0, 0.1) is 22.7 Å². The van der Waals surface area contributed by atoms with Crippen molar-refractivity contribution in [2.75, 3.05) is 18.0 Å². The van der Waals surface area contributed by atoms with E-state index < -0.39 is 0 Å². The van der Waals surface area contributed by atoms with Gasteiger partial charge in [0.25, 0.3) is 0 Å². The number of benzene rings is 1. The third kappa shape index (κ3) is 2.45. The minimum absolute atomic E-state index is 0.179. The third-order valence-corrected chi connectivity index (χ3v) is 3.32. The molecule has 1 aromatic rings. The van der Waals surface area contributed by atoms with Crippen molar-refractivity contribution in [3.8, 4) is 12.1 Å². The first kappa shape index (κ1) is 12.4. The Kier molecular flexibility index (Phi) is 3.82. The Morgan fingerprint density at radius 1 is 1.39 bits per heavy atom. The number of hydrogen-bond donors (Lipinski definition) is 1. The van der Waals surface area contributed by atoms with E-state index in [0.717, 1.165) is 18.8 Å². The molecule has 1 aliphatic heterocycles. The number of hydrogen-bond acceptors (Lipinski definition) is 4. The molecule has 0 aromatic heterocycles. The average Bonchev–Trinajstić information content (AvgIpc) is 2.41. The number of anilines is 1. The summed E-state index contributed by atoms with van der Waals surface area (Å²) in [6, 6.07) is 12.6. The molecule has 0 spiro atoms. The van der Waals surface area contributed by atoms with Crippen LogP contribution in [0.3, 0.4) is 0 Å². The van der Waals surface area contributed by atoms with Crippen molar-refractivity contribution in [2.24, 2.45) is 0 Å². The van der Waals surface area contributed by atoms with E-state index in [4.69, 9.17) is 10.5 Å². The van der Waals surface area contributed by atoms with E-state index in [9.17, 15) is 0 Å².